The van der Waals surface area contributed by atoms with Crippen molar-refractivity contribution >= 4 is 17.3 Å². The van der Waals surface area contributed by atoms with Crippen LogP contribution in [0.2, 0.25) is 0 Å². The first kappa shape index (κ1) is 17.9. The molecule has 0 bridgehead atoms. The van der Waals surface area contributed by atoms with Gasteiger partial charge in [0.1, 0.15) is 0 Å². The van der Waals surface area contributed by atoms with Gasteiger partial charge in [0.15, 0.2) is 11.5 Å². The molecule has 0 radical (unpaired) electrons. The summed E-state index contributed by atoms with van der Waals surface area (Å²) in [6, 6.07) is 13.5. The second-order valence-electron chi connectivity index (χ2n) is 6.78. The Balaban J connectivity index is 1.43. The third kappa shape index (κ3) is 3.91. The fraction of sp³-hybridized carbons (Fsp3) is 0.182. The zero-order valence-corrected chi connectivity index (χ0v) is 15.8. The van der Waals surface area contributed by atoms with Crippen LogP contribution in [-0.2, 0) is 6.54 Å². The number of benzene rings is 2. The monoisotopic (exact) mass is 375 g/mol. The van der Waals surface area contributed by atoms with E-state index in [1.165, 1.54) is 0 Å². The topological polar surface area (TPSA) is 72.5 Å². The number of nitrogens with one attached hydrogen (secondary N) is 2. The number of aryl methyl sites for hydroxylation is 2. The molecule has 1 aliphatic rings. The maximum atomic E-state index is 12.6. The van der Waals surface area contributed by atoms with E-state index in [0.29, 0.717) is 12.1 Å². The van der Waals surface area contributed by atoms with Crippen LogP contribution in [-0.4, -0.2) is 17.7 Å². The number of hydrogen-bond donors (Lipinski definition) is 2. The lowest BCUT2D eigenvalue weighted by Gasteiger charge is -2.11. The number of carbonyl (C=O) groups is 1. The zero-order chi connectivity index (χ0) is 19.5. The van der Waals surface area contributed by atoms with Crippen LogP contribution in [0.1, 0.15) is 27.0 Å². The SMILES string of the molecule is Cc1ccc(NC(=O)c2cncc(NCc3ccc4c(c3)OCO4)c2)c(C)c1. The molecule has 0 unspecified atom stereocenters. The van der Waals surface area contributed by atoms with E-state index >= 15 is 0 Å². The summed E-state index contributed by atoms with van der Waals surface area (Å²) in [4.78, 5) is 16.8. The minimum atomic E-state index is -0.189. The molecule has 0 atom stereocenters. The molecule has 1 amide bonds. The van der Waals surface area contributed by atoms with E-state index in [2.05, 4.69) is 15.6 Å². The highest BCUT2D eigenvalue weighted by molar-refractivity contribution is 6.04. The normalized spacial score (nSPS) is 11.9. The van der Waals surface area contributed by atoms with Gasteiger partial charge in [-0.1, -0.05) is 23.8 Å². The average molecular weight is 375 g/mol. The predicted octanol–water partition coefficient (Wildman–Crippen LogP) is 4.29. The highest BCUT2D eigenvalue weighted by atomic mass is 16.7. The number of amides is 1. The molecule has 0 aliphatic carbocycles. The molecule has 142 valence electrons. The Morgan fingerprint density at radius 2 is 1.89 bits per heavy atom. The largest absolute Gasteiger partial charge is 0.454 e. The van der Waals surface area contributed by atoms with Crippen molar-refractivity contribution in [1.82, 2.24) is 4.98 Å². The molecule has 6 heteroatoms. The van der Waals surface area contributed by atoms with Crippen molar-refractivity contribution in [2.75, 3.05) is 17.4 Å². The lowest BCUT2D eigenvalue weighted by Crippen LogP contribution is -2.13. The van der Waals surface area contributed by atoms with Crippen molar-refractivity contribution in [3.05, 3.63) is 77.1 Å². The number of fused-ring (bicyclic) bond motifs is 1. The van der Waals surface area contributed by atoms with Crippen LogP contribution in [0.4, 0.5) is 11.4 Å². The summed E-state index contributed by atoms with van der Waals surface area (Å²) >= 11 is 0. The van der Waals surface area contributed by atoms with Gasteiger partial charge in [-0.05, 0) is 49.2 Å². The summed E-state index contributed by atoms with van der Waals surface area (Å²) in [5.74, 6) is 1.32. The maximum absolute atomic E-state index is 12.6. The lowest BCUT2D eigenvalue weighted by molar-refractivity contribution is 0.102. The lowest BCUT2D eigenvalue weighted by atomic mass is 10.1. The van der Waals surface area contributed by atoms with Gasteiger partial charge in [-0.15, -0.1) is 0 Å². The van der Waals surface area contributed by atoms with E-state index in [0.717, 1.165) is 39.6 Å². The highest BCUT2D eigenvalue weighted by Crippen LogP contribution is 2.32. The third-order valence-electron chi connectivity index (χ3n) is 4.56. The Morgan fingerprint density at radius 1 is 1.04 bits per heavy atom. The van der Waals surface area contributed by atoms with Crippen LogP contribution in [0.5, 0.6) is 11.5 Å². The van der Waals surface area contributed by atoms with Crippen molar-refractivity contribution in [2.45, 2.75) is 20.4 Å². The summed E-state index contributed by atoms with van der Waals surface area (Å²) in [7, 11) is 0. The first-order chi connectivity index (χ1) is 13.6. The summed E-state index contributed by atoms with van der Waals surface area (Å²) in [5.41, 5.74) is 5.30. The molecule has 1 aromatic heterocycles. The predicted molar refractivity (Wildman–Crippen MR) is 108 cm³/mol. The molecule has 1 aliphatic heterocycles. The Bertz CT molecular complexity index is 1030. The first-order valence-corrected chi connectivity index (χ1v) is 9.04. The van der Waals surface area contributed by atoms with Crippen molar-refractivity contribution in [2.24, 2.45) is 0 Å². The van der Waals surface area contributed by atoms with Gasteiger partial charge in [0.05, 0.1) is 11.3 Å². The van der Waals surface area contributed by atoms with Crippen molar-refractivity contribution in [1.29, 1.82) is 0 Å². The number of carbonyl (C=O) groups excluding carboxylic acids is 1. The Morgan fingerprint density at radius 3 is 2.75 bits per heavy atom. The number of aromatic nitrogens is 1. The minimum Gasteiger partial charge on any atom is -0.454 e. The molecule has 0 saturated carbocycles. The average Bonchev–Trinajstić information content (AvgIpc) is 3.16. The molecule has 2 heterocycles. The van der Waals surface area contributed by atoms with Crippen LogP contribution in [0.3, 0.4) is 0 Å². The smallest absolute Gasteiger partial charge is 0.257 e. The molecule has 2 aromatic carbocycles. The van der Waals surface area contributed by atoms with Gasteiger partial charge in [-0.25, -0.2) is 0 Å². The molecule has 0 spiro atoms. The van der Waals surface area contributed by atoms with E-state index in [4.69, 9.17) is 9.47 Å². The van der Waals surface area contributed by atoms with Gasteiger partial charge in [0, 0.05) is 24.6 Å². The molecule has 28 heavy (non-hydrogen) atoms. The Labute approximate surface area is 163 Å². The number of ether oxygens (including phenoxy) is 2. The highest BCUT2D eigenvalue weighted by Gasteiger charge is 2.13. The fourth-order valence-corrected chi connectivity index (χ4v) is 3.06. The molecule has 6 nitrogen and oxygen atoms in total. The van der Waals surface area contributed by atoms with E-state index in [-0.39, 0.29) is 12.7 Å². The molecule has 0 fully saturated rings. The van der Waals surface area contributed by atoms with E-state index in [9.17, 15) is 4.79 Å². The van der Waals surface area contributed by atoms with Crippen LogP contribution in [0.15, 0.2) is 54.9 Å². The second-order valence-corrected chi connectivity index (χ2v) is 6.78. The standard InChI is InChI=1S/C22H21N3O3/c1-14-3-5-19(15(2)7-14)25-22(26)17-9-18(12-23-11-17)24-10-16-4-6-20-21(8-16)28-13-27-20/h3-9,11-12,24H,10,13H2,1-2H3,(H,25,26). The molecule has 3 aromatic rings. The van der Waals surface area contributed by atoms with Crippen LogP contribution in [0, 0.1) is 13.8 Å². The number of anilines is 2. The van der Waals surface area contributed by atoms with E-state index in [1.54, 1.807) is 18.5 Å². The molecular weight excluding hydrogens is 354 g/mol. The van der Waals surface area contributed by atoms with Gasteiger partial charge < -0.3 is 20.1 Å². The maximum Gasteiger partial charge on any atom is 0.257 e. The fourth-order valence-electron chi connectivity index (χ4n) is 3.06. The van der Waals surface area contributed by atoms with Crippen molar-refractivity contribution < 1.29 is 14.3 Å². The molecule has 0 saturated heterocycles. The number of rotatable bonds is 5. The van der Waals surface area contributed by atoms with Gasteiger partial charge in [-0.3, -0.25) is 9.78 Å². The number of nitrogens with zero attached hydrogens (tertiary/aromatic N) is 1. The zero-order valence-electron chi connectivity index (χ0n) is 15.8. The summed E-state index contributed by atoms with van der Waals surface area (Å²) in [5, 5.41) is 6.24. The van der Waals surface area contributed by atoms with Crippen molar-refractivity contribution in [3.63, 3.8) is 0 Å². The van der Waals surface area contributed by atoms with Gasteiger partial charge in [0.2, 0.25) is 6.79 Å². The second kappa shape index (κ2) is 7.60. The minimum absolute atomic E-state index is 0.189. The van der Waals surface area contributed by atoms with Gasteiger partial charge in [0.25, 0.3) is 5.91 Å². The molecule has 2 N–H and O–H groups in total. The van der Waals surface area contributed by atoms with Gasteiger partial charge in [-0.2, -0.15) is 0 Å². The van der Waals surface area contributed by atoms with E-state index < -0.39 is 0 Å². The molecule has 4 rings (SSSR count). The third-order valence-corrected chi connectivity index (χ3v) is 4.56. The Hall–Kier alpha value is -3.54. The summed E-state index contributed by atoms with van der Waals surface area (Å²) in [6.45, 7) is 4.84. The van der Waals surface area contributed by atoms with Crippen LogP contribution in [0.25, 0.3) is 0 Å². The number of hydrogen-bond acceptors (Lipinski definition) is 5. The van der Waals surface area contributed by atoms with Gasteiger partial charge >= 0.3 is 0 Å². The van der Waals surface area contributed by atoms with Crippen LogP contribution < -0.4 is 20.1 Å². The summed E-state index contributed by atoms with van der Waals surface area (Å²) in [6.07, 6.45) is 3.26. The van der Waals surface area contributed by atoms with E-state index in [1.807, 2.05) is 50.2 Å². The summed E-state index contributed by atoms with van der Waals surface area (Å²) < 4.78 is 10.7. The number of pyridine rings is 1. The Kier molecular flexibility index (Phi) is 4.85. The van der Waals surface area contributed by atoms with Crippen molar-refractivity contribution in [3.8, 4) is 11.5 Å². The quantitative estimate of drug-likeness (QED) is 0.696. The van der Waals surface area contributed by atoms with Crippen LogP contribution >= 0.6 is 0 Å². The first-order valence-electron chi connectivity index (χ1n) is 9.04. The molecular formula is C22H21N3O3.